The standard InChI is InChI=1S/C10H9NO2/c1-7-5-9(6-11)3-4-10(7)13-8(2)12/h3-5H,1-2H3. The van der Waals surface area contributed by atoms with Crippen LogP contribution in [0.5, 0.6) is 5.75 Å². The second-order valence-corrected chi connectivity index (χ2v) is 2.69. The Labute approximate surface area is 76.6 Å². The zero-order valence-corrected chi connectivity index (χ0v) is 7.50. The third kappa shape index (κ3) is 2.31. The van der Waals surface area contributed by atoms with Crippen molar-refractivity contribution in [3.05, 3.63) is 29.3 Å². The fourth-order valence-corrected chi connectivity index (χ4v) is 0.988. The van der Waals surface area contributed by atoms with E-state index in [-0.39, 0.29) is 5.97 Å². The number of esters is 1. The molecule has 0 unspecified atom stereocenters. The molecule has 0 bridgehead atoms. The molecule has 0 spiro atoms. The van der Waals surface area contributed by atoms with Crippen molar-refractivity contribution >= 4 is 5.97 Å². The monoisotopic (exact) mass is 175 g/mol. The molecule has 0 saturated carbocycles. The summed E-state index contributed by atoms with van der Waals surface area (Å²) in [6, 6.07) is 6.92. The van der Waals surface area contributed by atoms with E-state index in [4.69, 9.17) is 10.00 Å². The molecule has 3 nitrogen and oxygen atoms in total. The molecule has 0 radical (unpaired) electrons. The van der Waals surface area contributed by atoms with Crippen LogP contribution in [0.2, 0.25) is 0 Å². The van der Waals surface area contributed by atoms with E-state index in [1.165, 1.54) is 6.92 Å². The number of hydrogen-bond donors (Lipinski definition) is 0. The van der Waals surface area contributed by atoms with E-state index >= 15 is 0 Å². The number of ether oxygens (including phenoxy) is 1. The van der Waals surface area contributed by atoms with Crippen molar-refractivity contribution in [1.29, 1.82) is 5.26 Å². The van der Waals surface area contributed by atoms with E-state index in [1.54, 1.807) is 25.1 Å². The topological polar surface area (TPSA) is 50.1 Å². The normalized spacial score (nSPS) is 9.00. The maximum atomic E-state index is 10.6. The van der Waals surface area contributed by atoms with Crippen LogP contribution in [0.1, 0.15) is 18.1 Å². The highest BCUT2D eigenvalue weighted by Crippen LogP contribution is 2.18. The molecule has 1 aromatic carbocycles. The maximum absolute atomic E-state index is 10.6. The van der Waals surface area contributed by atoms with Gasteiger partial charge in [-0.2, -0.15) is 5.26 Å². The van der Waals surface area contributed by atoms with Crippen molar-refractivity contribution in [2.75, 3.05) is 0 Å². The number of carbonyl (C=O) groups is 1. The first-order valence-electron chi connectivity index (χ1n) is 3.82. The summed E-state index contributed by atoms with van der Waals surface area (Å²) in [4.78, 5) is 10.6. The van der Waals surface area contributed by atoms with Crippen LogP contribution in [0, 0.1) is 18.3 Å². The van der Waals surface area contributed by atoms with E-state index in [0.29, 0.717) is 11.3 Å². The van der Waals surface area contributed by atoms with Gasteiger partial charge in [-0.1, -0.05) is 0 Å². The lowest BCUT2D eigenvalue weighted by Crippen LogP contribution is -2.02. The van der Waals surface area contributed by atoms with Gasteiger partial charge in [-0.05, 0) is 30.7 Å². The van der Waals surface area contributed by atoms with Crippen LogP contribution in [0.3, 0.4) is 0 Å². The fourth-order valence-electron chi connectivity index (χ4n) is 0.988. The van der Waals surface area contributed by atoms with Crippen molar-refractivity contribution < 1.29 is 9.53 Å². The molecule has 0 aliphatic heterocycles. The molecule has 0 fully saturated rings. The van der Waals surface area contributed by atoms with Crippen molar-refractivity contribution in [1.82, 2.24) is 0 Å². The number of hydrogen-bond acceptors (Lipinski definition) is 3. The van der Waals surface area contributed by atoms with Gasteiger partial charge in [-0.25, -0.2) is 0 Å². The molecule has 0 atom stereocenters. The summed E-state index contributed by atoms with van der Waals surface area (Å²) in [6.07, 6.45) is 0. The van der Waals surface area contributed by atoms with Crippen molar-refractivity contribution in [3.63, 3.8) is 0 Å². The van der Waals surface area contributed by atoms with Crippen LogP contribution in [0.4, 0.5) is 0 Å². The van der Waals surface area contributed by atoms with Crippen LogP contribution < -0.4 is 4.74 Å². The molecule has 0 aliphatic rings. The number of aryl methyl sites for hydroxylation is 1. The lowest BCUT2D eigenvalue weighted by molar-refractivity contribution is -0.131. The summed E-state index contributed by atoms with van der Waals surface area (Å²) < 4.78 is 4.90. The summed E-state index contributed by atoms with van der Waals surface area (Å²) in [6.45, 7) is 3.14. The molecule has 0 aliphatic carbocycles. The molecule has 0 amide bonds. The highest BCUT2D eigenvalue weighted by molar-refractivity contribution is 5.69. The van der Waals surface area contributed by atoms with Crippen molar-refractivity contribution in [2.24, 2.45) is 0 Å². The van der Waals surface area contributed by atoms with E-state index < -0.39 is 0 Å². The fraction of sp³-hybridized carbons (Fsp3) is 0.200. The molecule has 0 aromatic heterocycles. The second kappa shape index (κ2) is 3.72. The molecular weight excluding hydrogens is 166 g/mol. The zero-order valence-electron chi connectivity index (χ0n) is 7.50. The number of rotatable bonds is 1. The largest absolute Gasteiger partial charge is 0.426 e. The Morgan fingerprint density at radius 2 is 2.23 bits per heavy atom. The second-order valence-electron chi connectivity index (χ2n) is 2.69. The molecule has 1 aromatic rings. The van der Waals surface area contributed by atoms with Crippen LogP contribution in [-0.2, 0) is 4.79 Å². The Balaban J connectivity index is 3.00. The molecule has 0 saturated heterocycles. The molecule has 13 heavy (non-hydrogen) atoms. The average Bonchev–Trinajstić information content (AvgIpc) is 2.08. The molecule has 0 heterocycles. The quantitative estimate of drug-likeness (QED) is 0.483. The van der Waals surface area contributed by atoms with E-state index in [9.17, 15) is 4.79 Å². The Kier molecular flexibility index (Phi) is 2.65. The lowest BCUT2D eigenvalue weighted by atomic mass is 10.1. The predicted molar refractivity (Wildman–Crippen MR) is 47.2 cm³/mol. The predicted octanol–water partition coefficient (Wildman–Crippen LogP) is 1.79. The van der Waals surface area contributed by atoms with Gasteiger partial charge in [-0.3, -0.25) is 4.79 Å². The highest BCUT2D eigenvalue weighted by Gasteiger charge is 2.02. The first-order chi connectivity index (χ1) is 6.13. The number of carbonyl (C=O) groups excluding carboxylic acids is 1. The Bertz CT molecular complexity index is 377. The summed E-state index contributed by atoms with van der Waals surface area (Å²) in [5, 5.41) is 8.58. The summed E-state index contributed by atoms with van der Waals surface area (Å²) in [7, 11) is 0. The smallest absolute Gasteiger partial charge is 0.308 e. The maximum Gasteiger partial charge on any atom is 0.308 e. The van der Waals surface area contributed by atoms with Gasteiger partial charge < -0.3 is 4.74 Å². The van der Waals surface area contributed by atoms with Gasteiger partial charge in [0.25, 0.3) is 0 Å². The van der Waals surface area contributed by atoms with Crippen LogP contribution in [0.25, 0.3) is 0 Å². The van der Waals surface area contributed by atoms with Crippen LogP contribution in [-0.4, -0.2) is 5.97 Å². The van der Waals surface area contributed by atoms with Gasteiger partial charge in [0, 0.05) is 6.92 Å². The molecular formula is C10H9NO2. The summed E-state index contributed by atoms with van der Waals surface area (Å²) in [5.41, 5.74) is 1.35. The average molecular weight is 175 g/mol. The minimum Gasteiger partial charge on any atom is -0.426 e. The highest BCUT2D eigenvalue weighted by atomic mass is 16.5. The van der Waals surface area contributed by atoms with Gasteiger partial charge in [0.05, 0.1) is 11.6 Å². The number of benzene rings is 1. The molecule has 66 valence electrons. The summed E-state index contributed by atoms with van der Waals surface area (Å²) >= 11 is 0. The van der Waals surface area contributed by atoms with Gasteiger partial charge in [0.15, 0.2) is 0 Å². The Morgan fingerprint density at radius 1 is 1.54 bits per heavy atom. The minimum absolute atomic E-state index is 0.354. The molecule has 0 N–H and O–H groups in total. The third-order valence-corrected chi connectivity index (χ3v) is 1.56. The lowest BCUT2D eigenvalue weighted by Gasteiger charge is -2.04. The first-order valence-corrected chi connectivity index (χ1v) is 3.82. The van der Waals surface area contributed by atoms with Gasteiger partial charge in [0.2, 0.25) is 0 Å². The minimum atomic E-state index is -0.354. The SMILES string of the molecule is CC(=O)Oc1ccc(C#N)cc1C. The van der Waals surface area contributed by atoms with Gasteiger partial charge >= 0.3 is 5.97 Å². The summed E-state index contributed by atoms with van der Waals surface area (Å²) in [5.74, 6) is 0.152. The van der Waals surface area contributed by atoms with E-state index in [2.05, 4.69) is 0 Å². The number of nitrogens with zero attached hydrogens (tertiary/aromatic N) is 1. The van der Waals surface area contributed by atoms with Crippen LogP contribution >= 0.6 is 0 Å². The van der Waals surface area contributed by atoms with Crippen LogP contribution in [0.15, 0.2) is 18.2 Å². The third-order valence-electron chi connectivity index (χ3n) is 1.56. The number of nitriles is 1. The molecule has 1 rings (SSSR count). The van der Waals surface area contributed by atoms with Gasteiger partial charge in [-0.15, -0.1) is 0 Å². The molecule has 3 heteroatoms. The first kappa shape index (κ1) is 9.27. The Morgan fingerprint density at radius 3 is 2.69 bits per heavy atom. The van der Waals surface area contributed by atoms with Crippen molar-refractivity contribution in [2.45, 2.75) is 13.8 Å². The van der Waals surface area contributed by atoms with Crippen molar-refractivity contribution in [3.8, 4) is 11.8 Å². The van der Waals surface area contributed by atoms with E-state index in [1.807, 2.05) is 6.07 Å². The Hall–Kier alpha value is -1.82. The van der Waals surface area contributed by atoms with E-state index in [0.717, 1.165) is 5.56 Å². The zero-order chi connectivity index (χ0) is 9.84. The van der Waals surface area contributed by atoms with Gasteiger partial charge in [0.1, 0.15) is 5.75 Å².